The van der Waals surface area contributed by atoms with E-state index < -0.39 is 10.8 Å². The molecule has 0 bridgehead atoms. The first kappa shape index (κ1) is 20.7. The van der Waals surface area contributed by atoms with Crippen molar-refractivity contribution in [1.82, 2.24) is 9.78 Å². The minimum Gasteiger partial charge on any atom is -0.374 e. The van der Waals surface area contributed by atoms with Crippen LogP contribution in [0.4, 0.5) is 5.69 Å². The molecule has 0 radical (unpaired) electrons. The Hall–Kier alpha value is -1.62. The number of nitrogens with zero attached hydrogens (tertiary/aromatic N) is 3. The maximum atomic E-state index is 12.1. The van der Waals surface area contributed by atoms with Crippen LogP contribution in [-0.4, -0.2) is 33.8 Å². The molecule has 5 heteroatoms. The smallest absolute Gasteiger partial charge is 0.0568 e. The molecule has 4 nitrogen and oxygen atoms in total. The molecular formula is C21H33N3OS. The van der Waals surface area contributed by atoms with E-state index in [9.17, 15) is 4.21 Å². The van der Waals surface area contributed by atoms with E-state index in [0.29, 0.717) is 0 Å². The molecule has 0 N–H and O–H groups in total. The fourth-order valence-electron chi connectivity index (χ4n) is 3.32. The molecule has 1 aliphatic heterocycles. The van der Waals surface area contributed by atoms with Crippen LogP contribution < -0.4 is 4.90 Å². The second kappa shape index (κ2) is 9.91. The molecule has 0 spiro atoms. The second-order valence-electron chi connectivity index (χ2n) is 7.07. The molecule has 0 fully saturated rings. The van der Waals surface area contributed by atoms with E-state index in [-0.39, 0.29) is 0 Å². The van der Waals surface area contributed by atoms with Gasteiger partial charge in [-0.3, -0.25) is 8.89 Å². The number of benzene rings is 1. The first-order chi connectivity index (χ1) is 12.5. The summed E-state index contributed by atoms with van der Waals surface area (Å²) in [6, 6.07) is 4.28. The van der Waals surface area contributed by atoms with Crippen molar-refractivity contribution in [3.63, 3.8) is 0 Å². The lowest BCUT2D eigenvalue weighted by atomic mass is 9.97. The molecule has 1 aromatic heterocycles. The van der Waals surface area contributed by atoms with Crippen LogP contribution in [0.5, 0.6) is 0 Å². The van der Waals surface area contributed by atoms with Gasteiger partial charge in [0, 0.05) is 54.8 Å². The minimum absolute atomic E-state index is 0.894. The summed E-state index contributed by atoms with van der Waals surface area (Å²) in [5.74, 6) is 0. The predicted molar refractivity (Wildman–Crippen MR) is 112 cm³/mol. The zero-order valence-corrected chi connectivity index (χ0v) is 17.7. The summed E-state index contributed by atoms with van der Waals surface area (Å²) in [7, 11) is 2.99. The van der Waals surface area contributed by atoms with Gasteiger partial charge in [0.2, 0.25) is 0 Å². The van der Waals surface area contributed by atoms with Gasteiger partial charge in [-0.15, -0.1) is 0 Å². The standard InChI is InChI=1S/C15H19N3OS.C6H14/c1-17-6-4-5-11-7-13(12-9-16-18(2)10-12)15(20(3)19)8-14(11)17;1-3-5-6-4-2/h7-10H,4-6H2,1-3H3;3-6H2,1-2H3. The Balaban J connectivity index is 0.000000352. The average molecular weight is 376 g/mol. The van der Waals surface area contributed by atoms with E-state index in [4.69, 9.17) is 0 Å². The monoisotopic (exact) mass is 375 g/mol. The molecule has 1 aliphatic rings. The molecule has 0 aliphatic carbocycles. The van der Waals surface area contributed by atoms with Crippen molar-refractivity contribution in [1.29, 1.82) is 0 Å². The molecule has 0 saturated heterocycles. The molecule has 0 saturated carbocycles. The van der Waals surface area contributed by atoms with Crippen LogP contribution >= 0.6 is 0 Å². The molecule has 3 rings (SSSR count). The van der Waals surface area contributed by atoms with Crippen LogP contribution in [0.2, 0.25) is 0 Å². The van der Waals surface area contributed by atoms with Crippen LogP contribution in [0, 0.1) is 0 Å². The Morgan fingerprint density at radius 1 is 1.15 bits per heavy atom. The molecule has 1 aromatic carbocycles. The largest absolute Gasteiger partial charge is 0.374 e. The van der Waals surface area contributed by atoms with Crippen LogP contribution in [-0.2, 0) is 24.3 Å². The molecule has 144 valence electrons. The summed E-state index contributed by atoms with van der Waals surface area (Å²) in [4.78, 5) is 3.15. The first-order valence-electron chi connectivity index (χ1n) is 9.68. The third kappa shape index (κ3) is 5.19. The van der Waals surface area contributed by atoms with Gasteiger partial charge in [-0.2, -0.15) is 5.10 Å². The summed E-state index contributed by atoms with van der Waals surface area (Å²) < 4.78 is 13.9. The van der Waals surface area contributed by atoms with Crippen molar-refractivity contribution < 1.29 is 4.21 Å². The number of hydrogen-bond donors (Lipinski definition) is 0. The van der Waals surface area contributed by atoms with Crippen LogP contribution in [0.25, 0.3) is 11.1 Å². The van der Waals surface area contributed by atoms with Crippen molar-refractivity contribution in [3.8, 4) is 11.1 Å². The zero-order valence-electron chi connectivity index (χ0n) is 16.9. The zero-order chi connectivity index (χ0) is 19.1. The maximum absolute atomic E-state index is 12.1. The van der Waals surface area contributed by atoms with E-state index in [2.05, 4.69) is 43.0 Å². The Labute approximate surface area is 161 Å². The quantitative estimate of drug-likeness (QED) is 0.705. The van der Waals surface area contributed by atoms with E-state index in [0.717, 1.165) is 29.0 Å². The third-order valence-electron chi connectivity index (χ3n) is 4.81. The van der Waals surface area contributed by atoms with Gasteiger partial charge < -0.3 is 4.90 Å². The molecule has 2 heterocycles. The van der Waals surface area contributed by atoms with Gasteiger partial charge in [0.1, 0.15) is 0 Å². The van der Waals surface area contributed by atoms with Crippen molar-refractivity contribution in [3.05, 3.63) is 30.1 Å². The maximum Gasteiger partial charge on any atom is 0.0568 e. The summed E-state index contributed by atoms with van der Waals surface area (Å²) >= 11 is 0. The fourth-order valence-corrected chi connectivity index (χ4v) is 4.08. The van der Waals surface area contributed by atoms with Crippen molar-refractivity contribution in [2.45, 2.75) is 57.3 Å². The number of aryl methyl sites for hydroxylation is 2. The summed E-state index contributed by atoms with van der Waals surface area (Å²) in [6.45, 7) is 5.53. The summed E-state index contributed by atoms with van der Waals surface area (Å²) in [6.07, 6.45) is 13.3. The molecular weight excluding hydrogens is 342 g/mol. The van der Waals surface area contributed by atoms with E-state index >= 15 is 0 Å². The normalized spacial score (nSPS) is 14.4. The number of fused-ring (bicyclic) bond motifs is 1. The lowest BCUT2D eigenvalue weighted by Gasteiger charge is -2.28. The molecule has 2 aromatic rings. The van der Waals surface area contributed by atoms with Crippen molar-refractivity contribution in [2.24, 2.45) is 7.05 Å². The Bertz CT molecular complexity index is 735. The highest BCUT2D eigenvalue weighted by atomic mass is 32.2. The van der Waals surface area contributed by atoms with E-state index in [1.54, 1.807) is 10.9 Å². The fraction of sp³-hybridized carbons (Fsp3) is 0.571. The molecule has 1 unspecified atom stereocenters. The van der Waals surface area contributed by atoms with Crippen LogP contribution in [0.1, 0.15) is 51.5 Å². The highest BCUT2D eigenvalue weighted by molar-refractivity contribution is 7.84. The second-order valence-corrected chi connectivity index (χ2v) is 8.41. The highest BCUT2D eigenvalue weighted by Crippen LogP contribution is 2.35. The number of hydrogen-bond acceptors (Lipinski definition) is 3. The average Bonchev–Trinajstić information content (AvgIpc) is 3.06. The highest BCUT2D eigenvalue weighted by Gasteiger charge is 2.19. The molecule has 1 atom stereocenters. The number of unbranched alkanes of at least 4 members (excludes halogenated alkanes) is 3. The van der Waals surface area contributed by atoms with Gasteiger partial charge >= 0.3 is 0 Å². The Morgan fingerprint density at radius 3 is 2.38 bits per heavy atom. The van der Waals surface area contributed by atoms with Crippen molar-refractivity contribution in [2.75, 3.05) is 24.7 Å². The van der Waals surface area contributed by atoms with E-state index in [1.165, 1.54) is 43.4 Å². The Kier molecular flexibility index (Phi) is 7.88. The topological polar surface area (TPSA) is 38.1 Å². The lowest BCUT2D eigenvalue weighted by Crippen LogP contribution is -2.25. The lowest BCUT2D eigenvalue weighted by molar-refractivity contribution is 0.686. The molecule has 26 heavy (non-hydrogen) atoms. The van der Waals surface area contributed by atoms with Gasteiger partial charge in [-0.05, 0) is 30.5 Å². The van der Waals surface area contributed by atoms with Gasteiger partial charge in [0.15, 0.2) is 0 Å². The first-order valence-corrected chi connectivity index (χ1v) is 11.2. The van der Waals surface area contributed by atoms with Gasteiger partial charge in [-0.25, -0.2) is 0 Å². The number of aromatic nitrogens is 2. The van der Waals surface area contributed by atoms with Gasteiger partial charge in [-0.1, -0.05) is 39.5 Å². The SMILES string of the molecule is CCCCCC.CN1CCCc2cc(-c3cnn(C)c3)c(S(C)=O)cc21. The number of rotatable bonds is 5. The minimum atomic E-state index is -1.01. The van der Waals surface area contributed by atoms with Gasteiger partial charge in [0.05, 0.1) is 17.0 Å². The summed E-state index contributed by atoms with van der Waals surface area (Å²) in [5, 5.41) is 4.23. The van der Waals surface area contributed by atoms with E-state index in [1.807, 2.05) is 19.4 Å². The Morgan fingerprint density at radius 2 is 1.85 bits per heavy atom. The number of anilines is 1. The van der Waals surface area contributed by atoms with Gasteiger partial charge in [0.25, 0.3) is 0 Å². The summed E-state index contributed by atoms with van der Waals surface area (Å²) in [5.41, 5.74) is 4.64. The molecule has 0 amide bonds. The predicted octanol–water partition coefficient (Wildman–Crippen LogP) is 4.79. The van der Waals surface area contributed by atoms with Crippen LogP contribution in [0.15, 0.2) is 29.4 Å². The third-order valence-corrected chi connectivity index (χ3v) is 5.77. The van der Waals surface area contributed by atoms with Crippen molar-refractivity contribution >= 4 is 16.5 Å². The van der Waals surface area contributed by atoms with Crippen LogP contribution in [0.3, 0.4) is 0 Å².